The first-order chi connectivity index (χ1) is 15.4. The van der Waals surface area contributed by atoms with E-state index < -0.39 is 12.2 Å². The van der Waals surface area contributed by atoms with Crippen molar-refractivity contribution in [3.05, 3.63) is 47.6 Å². The highest BCUT2D eigenvalue weighted by molar-refractivity contribution is 5.73. The van der Waals surface area contributed by atoms with E-state index in [9.17, 15) is 17.6 Å². The molecule has 32 heavy (non-hydrogen) atoms. The van der Waals surface area contributed by atoms with Crippen molar-refractivity contribution < 1.29 is 17.6 Å². The summed E-state index contributed by atoms with van der Waals surface area (Å²) >= 11 is 0. The molecule has 0 saturated heterocycles. The van der Waals surface area contributed by atoms with Crippen molar-refractivity contribution in [1.82, 2.24) is 0 Å². The van der Waals surface area contributed by atoms with Gasteiger partial charge in [-0.3, -0.25) is 0 Å². The third kappa shape index (κ3) is 6.26. The smallest absolute Gasteiger partial charge is 0.173 e. The number of rotatable bonds is 8. The molecule has 0 N–H and O–H groups in total. The first kappa shape index (κ1) is 25.1. The molecule has 0 radical (unpaired) electrons. The molecule has 0 aliphatic heterocycles. The summed E-state index contributed by atoms with van der Waals surface area (Å²) in [7, 11) is 0. The molecule has 2 aliphatic carbocycles. The van der Waals surface area contributed by atoms with Crippen LogP contribution in [0.5, 0.6) is 0 Å². The summed E-state index contributed by atoms with van der Waals surface area (Å²) in [5.41, 5.74) is 1.21. The van der Waals surface area contributed by atoms with Gasteiger partial charge in [0.05, 0.1) is 0 Å². The van der Waals surface area contributed by atoms with Gasteiger partial charge in [0.15, 0.2) is 0 Å². The van der Waals surface area contributed by atoms with Gasteiger partial charge in [0.2, 0.25) is 0 Å². The van der Waals surface area contributed by atoms with Crippen molar-refractivity contribution in [3.8, 4) is 0 Å². The molecular weight excluding hydrogens is 412 g/mol. The van der Waals surface area contributed by atoms with Crippen LogP contribution in [-0.2, 0) is 0 Å². The van der Waals surface area contributed by atoms with Crippen LogP contribution >= 0.6 is 0 Å². The molecule has 0 atom stereocenters. The fourth-order valence-electron chi connectivity index (χ4n) is 6.12. The Morgan fingerprint density at radius 1 is 0.594 bits per heavy atom. The van der Waals surface area contributed by atoms with E-state index in [1.54, 1.807) is 24.3 Å². The van der Waals surface area contributed by atoms with Gasteiger partial charge in [-0.25, -0.2) is 0 Å². The summed E-state index contributed by atoms with van der Waals surface area (Å²) in [4.78, 5) is 0. The molecule has 0 spiro atoms. The molecule has 0 unspecified atom stereocenters. The third-order valence-electron chi connectivity index (χ3n) is 7.82. The average molecular weight is 451 g/mol. The summed E-state index contributed by atoms with van der Waals surface area (Å²) in [6.07, 6.45) is 8.46. The Morgan fingerprint density at radius 2 is 0.906 bits per heavy atom. The maximum absolute atomic E-state index is 13.9. The number of halogens is 4. The third-order valence-corrected chi connectivity index (χ3v) is 7.82. The van der Waals surface area contributed by atoms with Gasteiger partial charge in [0.1, 0.15) is 0 Å². The van der Waals surface area contributed by atoms with E-state index in [0.717, 1.165) is 64.2 Å². The molecular formula is C28H38F4. The summed E-state index contributed by atoms with van der Waals surface area (Å²) in [5, 5.41) is 0. The lowest BCUT2D eigenvalue weighted by Gasteiger charge is -2.30. The van der Waals surface area contributed by atoms with Gasteiger partial charge >= 0.3 is 0 Å². The van der Waals surface area contributed by atoms with E-state index in [4.69, 9.17) is 0 Å². The quantitative estimate of drug-likeness (QED) is 0.346. The fraction of sp³-hybridized carbons (Fsp3) is 0.643. The highest BCUT2D eigenvalue weighted by Gasteiger charge is 2.29. The standard InChI is InChI=1S/C28H38F4/c1-3-5-19-7-11-21(12-8-19)25(27(29)30)23-15-17-24(18-16-23)26(28(31)32)22-13-9-20(6-4-2)10-14-22/h15-22H,3-14H2,1-2H3. The summed E-state index contributed by atoms with van der Waals surface area (Å²) in [6, 6.07) is 6.53. The van der Waals surface area contributed by atoms with Gasteiger partial charge in [-0.15, -0.1) is 0 Å². The number of hydrogen-bond donors (Lipinski definition) is 0. The zero-order valence-electron chi connectivity index (χ0n) is 19.6. The van der Waals surface area contributed by atoms with Crippen LogP contribution in [0.1, 0.15) is 102 Å². The maximum Gasteiger partial charge on any atom is 0.274 e. The Balaban J connectivity index is 1.73. The monoisotopic (exact) mass is 450 g/mol. The van der Waals surface area contributed by atoms with Crippen molar-refractivity contribution in [3.63, 3.8) is 0 Å². The Morgan fingerprint density at radius 3 is 1.16 bits per heavy atom. The average Bonchev–Trinajstić information content (AvgIpc) is 2.77. The van der Waals surface area contributed by atoms with Gasteiger partial charge in [-0.05, 0) is 86.2 Å². The lowest BCUT2D eigenvalue weighted by Crippen LogP contribution is -2.17. The fourth-order valence-corrected chi connectivity index (χ4v) is 6.12. The first-order valence-corrected chi connectivity index (χ1v) is 12.7. The van der Waals surface area contributed by atoms with Crippen molar-refractivity contribution in [2.75, 3.05) is 0 Å². The molecule has 0 aromatic heterocycles. The maximum atomic E-state index is 13.9. The predicted octanol–water partition coefficient (Wildman–Crippen LogP) is 10.1. The van der Waals surface area contributed by atoms with Crippen LogP contribution in [0.4, 0.5) is 17.6 Å². The molecule has 2 aliphatic rings. The molecule has 1 aromatic carbocycles. The zero-order valence-corrected chi connectivity index (χ0v) is 19.6. The molecule has 0 nitrogen and oxygen atoms in total. The van der Waals surface area contributed by atoms with Gasteiger partial charge in [0.25, 0.3) is 12.2 Å². The largest absolute Gasteiger partial charge is 0.274 e. The molecule has 2 saturated carbocycles. The SMILES string of the molecule is CCCC1CCC(C(=C(F)F)c2ccc(C(=C(F)F)C3CCC(CCC)CC3)cc2)CC1. The van der Waals surface area contributed by atoms with E-state index >= 15 is 0 Å². The molecule has 1 aromatic rings. The lowest BCUT2D eigenvalue weighted by molar-refractivity contribution is 0.293. The summed E-state index contributed by atoms with van der Waals surface area (Å²) < 4.78 is 55.8. The second-order valence-electron chi connectivity index (χ2n) is 9.94. The lowest BCUT2D eigenvalue weighted by atomic mass is 9.74. The van der Waals surface area contributed by atoms with E-state index in [1.165, 1.54) is 12.8 Å². The van der Waals surface area contributed by atoms with Gasteiger partial charge in [-0.1, -0.05) is 63.8 Å². The van der Waals surface area contributed by atoms with Crippen molar-refractivity contribution in [2.24, 2.45) is 23.7 Å². The van der Waals surface area contributed by atoms with E-state index in [1.807, 2.05) is 0 Å². The van der Waals surface area contributed by atoms with Crippen LogP contribution in [0.25, 0.3) is 11.1 Å². The second-order valence-corrected chi connectivity index (χ2v) is 9.94. The molecule has 3 rings (SSSR count). The van der Waals surface area contributed by atoms with Gasteiger partial charge < -0.3 is 0 Å². The number of benzene rings is 1. The normalized spacial score (nSPS) is 25.9. The minimum absolute atomic E-state index is 0.123. The molecule has 0 heterocycles. The molecule has 2 fully saturated rings. The minimum atomic E-state index is -1.63. The summed E-state index contributed by atoms with van der Waals surface area (Å²) in [6.45, 7) is 4.33. The van der Waals surface area contributed by atoms with Gasteiger partial charge in [-0.2, -0.15) is 17.6 Å². The van der Waals surface area contributed by atoms with E-state index in [2.05, 4.69) is 13.8 Å². The van der Waals surface area contributed by atoms with Crippen LogP contribution in [0.2, 0.25) is 0 Å². The zero-order chi connectivity index (χ0) is 23.1. The minimum Gasteiger partial charge on any atom is -0.173 e. The van der Waals surface area contributed by atoms with E-state index in [-0.39, 0.29) is 23.0 Å². The van der Waals surface area contributed by atoms with Crippen molar-refractivity contribution >= 4 is 11.1 Å². The highest BCUT2D eigenvalue weighted by atomic mass is 19.3. The predicted molar refractivity (Wildman–Crippen MR) is 125 cm³/mol. The van der Waals surface area contributed by atoms with Crippen LogP contribution in [0, 0.1) is 23.7 Å². The topological polar surface area (TPSA) is 0 Å². The van der Waals surface area contributed by atoms with Crippen molar-refractivity contribution in [2.45, 2.75) is 90.9 Å². The Labute approximate surface area is 191 Å². The summed E-state index contributed by atoms with van der Waals surface area (Å²) in [5.74, 6) is 1.02. The number of allylic oxidation sites excluding steroid dienone is 2. The Bertz CT molecular complexity index is 701. The molecule has 0 bridgehead atoms. The number of hydrogen-bond acceptors (Lipinski definition) is 0. The Kier molecular flexibility index (Phi) is 9.43. The molecule has 0 amide bonds. The molecule has 4 heteroatoms. The van der Waals surface area contributed by atoms with Crippen molar-refractivity contribution in [1.29, 1.82) is 0 Å². The van der Waals surface area contributed by atoms with Crippen LogP contribution in [0.15, 0.2) is 36.4 Å². The first-order valence-electron chi connectivity index (χ1n) is 12.7. The highest BCUT2D eigenvalue weighted by Crippen LogP contribution is 2.43. The second kappa shape index (κ2) is 12.0. The van der Waals surface area contributed by atoms with Crippen LogP contribution < -0.4 is 0 Å². The van der Waals surface area contributed by atoms with Gasteiger partial charge in [0, 0.05) is 11.1 Å². The van der Waals surface area contributed by atoms with Crippen LogP contribution in [0.3, 0.4) is 0 Å². The van der Waals surface area contributed by atoms with E-state index in [0.29, 0.717) is 23.0 Å². The molecule has 178 valence electrons. The Hall–Kier alpha value is -1.58. The van der Waals surface area contributed by atoms with Crippen LogP contribution in [-0.4, -0.2) is 0 Å².